The summed E-state index contributed by atoms with van der Waals surface area (Å²) in [7, 11) is 3.55. The van der Waals surface area contributed by atoms with Gasteiger partial charge in [-0.1, -0.05) is 76.7 Å². The van der Waals surface area contributed by atoms with E-state index in [1.165, 1.54) is 19.3 Å². The molecular formula is C29H54P2. The largest absolute Gasteiger partial charge is 0.130 e. The maximum atomic E-state index is 3.49. The summed E-state index contributed by atoms with van der Waals surface area (Å²) in [4.78, 5) is 0. The zero-order valence-corrected chi connectivity index (χ0v) is 24.5. The summed E-state index contributed by atoms with van der Waals surface area (Å²) in [6.45, 7) is 23.0. The van der Waals surface area contributed by atoms with Gasteiger partial charge in [-0.15, -0.1) is 9.24 Å². The van der Waals surface area contributed by atoms with Crippen molar-refractivity contribution >= 4 is 17.2 Å². The van der Waals surface area contributed by atoms with Crippen LogP contribution in [0.3, 0.4) is 0 Å². The maximum Gasteiger partial charge on any atom is -0.00228 e. The Labute approximate surface area is 199 Å². The minimum atomic E-state index is 0.0584. The van der Waals surface area contributed by atoms with E-state index in [1.54, 1.807) is 44.7 Å². The maximum absolute atomic E-state index is 3.49. The second-order valence-corrected chi connectivity index (χ2v) is 20.0. The van der Waals surface area contributed by atoms with Crippen molar-refractivity contribution in [3.8, 4) is 0 Å². The summed E-state index contributed by atoms with van der Waals surface area (Å²) in [6, 6.07) is 0. The summed E-state index contributed by atoms with van der Waals surface area (Å²) < 4.78 is 0. The Morgan fingerprint density at radius 2 is 1.19 bits per heavy atom. The van der Waals surface area contributed by atoms with Gasteiger partial charge in [0.05, 0.1) is 0 Å². The Balaban J connectivity index is 1.65. The van der Waals surface area contributed by atoms with E-state index < -0.39 is 0 Å². The molecule has 0 aliphatic heterocycles. The Hall–Kier alpha value is 0.860. The topological polar surface area (TPSA) is 0 Å². The molecule has 5 aliphatic carbocycles. The van der Waals surface area contributed by atoms with Crippen LogP contribution < -0.4 is 0 Å². The molecule has 4 bridgehead atoms. The van der Waals surface area contributed by atoms with E-state index in [0.29, 0.717) is 21.1 Å². The van der Waals surface area contributed by atoms with Gasteiger partial charge in [0.1, 0.15) is 0 Å². The van der Waals surface area contributed by atoms with Gasteiger partial charge in [0, 0.05) is 0 Å². The van der Waals surface area contributed by atoms with Crippen LogP contribution in [0.5, 0.6) is 0 Å². The molecule has 0 aromatic heterocycles. The molecular weight excluding hydrogens is 410 g/mol. The molecule has 2 heteroatoms. The predicted octanol–water partition coefficient (Wildman–Crippen LogP) is 9.36. The number of hydrogen-bond donors (Lipinski definition) is 0. The fourth-order valence-corrected chi connectivity index (χ4v) is 15.0. The van der Waals surface area contributed by atoms with Gasteiger partial charge in [-0.05, 0) is 113 Å². The van der Waals surface area contributed by atoms with Crippen molar-refractivity contribution in [2.75, 3.05) is 6.16 Å². The van der Waals surface area contributed by atoms with E-state index in [2.05, 4.69) is 71.6 Å². The van der Waals surface area contributed by atoms with Crippen molar-refractivity contribution in [2.45, 2.75) is 136 Å². The Morgan fingerprint density at radius 1 is 0.742 bits per heavy atom. The van der Waals surface area contributed by atoms with Crippen molar-refractivity contribution < 1.29 is 0 Å². The van der Waals surface area contributed by atoms with Gasteiger partial charge in [-0.2, -0.15) is 0 Å². The highest BCUT2D eigenvalue weighted by Crippen LogP contribution is 2.74. The summed E-state index contributed by atoms with van der Waals surface area (Å²) >= 11 is 0. The molecule has 2 unspecified atom stereocenters. The average molecular weight is 465 g/mol. The summed E-state index contributed by atoms with van der Waals surface area (Å²) in [5.41, 5.74) is 0.628. The first-order chi connectivity index (χ1) is 14.1. The van der Waals surface area contributed by atoms with Gasteiger partial charge in [0.15, 0.2) is 0 Å². The van der Waals surface area contributed by atoms with Crippen LogP contribution in [0.25, 0.3) is 0 Å². The highest BCUT2D eigenvalue weighted by Gasteiger charge is 2.59. The lowest BCUT2D eigenvalue weighted by molar-refractivity contribution is 0.0340. The standard InChI is InChI=1S/C29H54P2/c1-25(2,3)29(30,26(4,5)6)24-12-10-11-23(24)19-31(27(7,8)9)28-16-20-13-21(17-28)15-22(14-20)18-28/h20-24H,10-19,30H2,1-9H3/t20?,21?,22?,23-,24-,28?,31?/m1/s1. The first-order valence-electron chi connectivity index (χ1n) is 13.6. The molecule has 0 nitrogen and oxygen atoms in total. The van der Waals surface area contributed by atoms with E-state index in [1.807, 2.05) is 0 Å². The van der Waals surface area contributed by atoms with Gasteiger partial charge in [0.25, 0.3) is 0 Å². The third-order valence-electron chi connectivity index (χ3n) is 10.5. The van der Waals surface area contributed by atoms with E-state index in [9.17, 15) is 0 Å². The van der Waals surface area contributed by atoms with Crippen LogP contribution in [-0.4, -0.2) is 21.6 Å². The summed E-state index contributed by atoms with van der Waals surface area (Å²) in [6.07, 6.45) is 15.5. The van der Waals surface area contributed by atoms with Crippen molar-refractivity contribution in [1.29, 1.82) is 0 Å². The first-order valence-corrected chi connectivity index (χ1v) is 15.7. The first kappa shape index (κ1) is 25.0. The van der Waals surface area contributed by atoms with Crippen LogP contribution >= 0.6 is 17.2 Å². The van der Waals surface area contributed by atoms with Gasteiger partial charge in [0.2, 0.25) is 0 Å². The zero-order valence-electron chi connectivity index (χ0n) is 22.5. The fourth-order valence-electron chi connectivity index (χ4n) is 9.90. The molecule has 0 spiro atoms. The van der Waals surface area contributed by atoms with Crippen LogP contribution in [0.1, 0.15) is 120 Å². The van der Waals surface area contributed by atoms with Gasteiger partial charge in [-0.25, -0.2) is 0 Å². The molecule has 31 heavy (non-hydrogen) atoms. The molecule has 0 saturated heterocycles. The third-order valence-corrected chi connectivity index (χ3v) is 16.8. The van der Waals surface area contributed by atoms with Crippen LogP contribution in [0.15, 0.2) is 0 Å². The third kappa shape index (κ3) is 4.24. The molecule has 0 aromatic rings. The van der Waals surface area contributed by atoms with Crippen LogP contribution in [0, 0.1) is 40.4 Å². The fraction of sp³-hybridized carbons (Fsp3) is 1.00. The summed E-state index contributed by atoms with van der Waals surface area (Å²) in [5.74, 6) is 5.06. The molecule has 0 radical (unpaired) electrons. The SMILES string of the molecule is CC(C)(C)P(C[C@H]1CCC[C@H]1C(P)(C(C)(C)C)C(C)(C)C)C12CC3CC(CC(C3)C1)C2. The molecule has 5 aliphatic rings. The highest BCUT2D eigenvalue weighted by molar-refractivity contribution is 7.61. The smallest absolute Gasteiger partial charge is 0.00228 e. The second kappa shape index (κ2) is 7.94. The second-order valence-electron chi connectivity index (χ2n) is 15.6. The Bertz CT molecular complexity index is 606. The predicted molar refractivity (Wildman–Crippen MR) is 145 cm³/mol. The molecule has 0 amide bonds. The monoisotopic (exact) mass is 464 g/mol. The highest BCUT2D eigenvalue weighted by atomic mass is 31.1. The van der Waals surface area contributed by atoms with Crippen molar-refractivity contribution in [1.82, 2.24) is 0 Å². The molecule has 5 saturated carbocycles. The molecule has 5 rings (SSSR count). The Morgan fingerprint density at radius 3 is 1.58 bits per heavy atom. The number of hydrogen-bond acceptors (Lipinski definition) is 0. The quantitative estimate of drug-likeness (QED) is 0.364. The van der Waals surface area contributed by atoms with E-state index in [0.717, 1.165) is 34.7 Å². The molecule has 4 atom stereocenters. The van der Waals surface area contributed by atoms with E-state index >= 15 is 0 Å². The van der Waals surface area contributed by atoms with Crippen molar-refractivity contribution in [3.05, 3.63) is 0 Å². The molecule has 0 heterocycles. The lowest BCUT2D eigenvalue weighted by Gasteiger charge is -2.63. The average Bonchev–Trinajstić information content (AvgIpc) is 3.03. The van der Waals surface area contributed by atoms with Crippen LogP contribution in [0.2, 0.25) is 0 Å². The van der Waals surface area contributed by atoms with E-state index in [4.69, 9.17) is 0 Å². The lowest BCUT2D eigenvalue weighted by Crippen LogP contribution is -2.55. The van der Waals surface area contributed by atoms with Gasteiger partial charge in [-0.3, -0.25) is 0 Å². The summed E-state index contributed by atoms with van der Waals surface area (Å²) in [5, 5.41) is 1.55. The van der Waals surface area contributed by atoms with E-state index in [-0.39, 0.29) is 7.92 Å². The van der Waals surface area contributed by atoms with Gasteiger partial charge >= 0.3 is 0 Å². The Kier molecular flexibility index (Phi) is 6.40. The van der Waals surface area contributed by atoms with Crippen LogP contribution in [0.4, 0.5) is 0 Å². The zero-order chi connectivity index (χ0) is 23.0. The van der Waals surface area contributed by atoms with Crippen molar-refractivity contribution in [3.63, 3.8) is 0 Å². The molecule has 180 valence electrons. The molecule has 0 N–H and O–H groups in total. The normalized spacial score (nSPS) is 39.9. The molecule has 5 fully saturated rings. The molecule has 0 aromatic carbocycles. The van der Waals surface area contributed by atoms with Crippen molar-refractivity contribution in [2.24, 2.45) is 40.4 Å². The lowest BCUT2D eigenvalue weighted by atomic mass is 9.56. The van der Waals surface area contributed by atoms with Gasteiger partial charge < -0.3 is 0 Å². The minimum Gasteiger partial charge on any atom is -0.130 e. The number of rotatable bonds is 4. The van der Waals surface area contributed by atoms with Crippen LogP contribution in [-0.2, 0) is 0 Å². The minimum absolute atomic E-state index is 0.0584.